The molecule has 17 nitrogen and oxygen atoms in total. The van der Waals surface area contributed by atoms with Crippen molar-refractivity contribution in [1.82, 2.24) is 0 Å². The molecule has 534 valence electrons. The minimum absolute atomic E-state index is 0.106. The molecule has 0 bridgehead atoms. The lowest BCUT2D eigenvalue weighted by Crippen LogP contribution is -2.30. The van der Waals surface area contributed by atoms with Crippen LogP contribution < -0.4 is 0 Å². The molecule has 0 aliphatic heterocycles. The molecule has 90 heavy (non-hydrogen) atoms. The summed E-state index contributed by atoms with van der Waals surface area (Å²) in [5.41, 5.74) is 0. The molecule has 0 aromatic rings. The van der Waals surface area contributed by atoms with Gasteiger partial charge in [0.05, 0.1) is 26.4 Å². The fourth-order valence-electron chi connectivity index (χ4n) is 10.8. The zero-order chi connectivity index (χ0) is 66.3. The third kappa shape index (κ3) is 63.5. The summed E-state index contributed by atoms with van der Waals surface area (Å²) in [6.07, 6.45) is 51.9. The minimum atomic E-state index is -4.95. The molecule has 19 heteroatoms. The van der Waals surface area contributed by atoms with Crippen LogP contribution in [0.4, 0.5) is 0 Å². The number of hydrogen-bond acceptors (Lipinski definition) is 15. The van der Waals surface area contributed by atoms with Gasteiger partial charge in [-0.25, -0.2) is 9.13 Å². The standard InChI is InChI=1S/C71H138O17P2/c1-6-10-13-16-18-20-22-23-24-25-26-27-28-29-30-31-32-34-36-42-47-52-57-71(76)88-67(61-82-69(74)55-50-45-40-38-37-39-44-48-53-64(5)9-4)63-86-90(79,80)84-59-65(72)58-83-89(77,78)85-62-66(60-81-68(73)54-49-43-15-12-8-3)87-70(75)56-51-46-41-35-33-21-19-17-14-11-7-2/h64-67,72H,6-63H2,1-5H3,(H,77,78)(H,79,80)/t64?,65-,66+,67+/m0/s1. The van der Waals surface area contributed by atoms with Crippen LogP contribution >= 0.6 is 15.6 Å². The second kappa shape index (κ2) is 64.4. The zero-order valence-electron chi connectivity index (χ0n) is 58.3. The van der Waals surface area contributed by atoms with Gasteiger partial charge < -0.3 is 33.8 Å². The van der Waals surface area contributed by atoms with E-state index in [1.807, 2.05) is 0 Å². The molecule has 6 atom stereocenters. The fourth-order valence-corrected chi connectivity index (χ4v) is 12.4. The maximum atomic E-state index is 13.0. The van der Waals surface area contributed by atoms with Crippen LogP contribution in [0.15, 0.2) is 0 Å². The number of rotatable bonds is 71. The number of ether oxygens (including phenoxy) is 4. The molecule has 0 aromatic carbocycles. The predicted molar refractivity (Wildman–Crippen MR) is 363 cm³/mol. The first kappa shape index (κ1) is 88.1. The second-order valence-electron chi connectivity index (χ2n) is 25.9. The Labute approximate surface area is 549 Å². The minimum Gasteiger partial charge on any atom is -0.462 e. The van der Waals surface area contributed by atoms with Crippen LogP contribution in [0.5, 0.6) is 0 Å². The Bertz CT molecular complexity index is 1740. The highest BCUT2D eigenvalue weighted by atomic mass is 31.2. The number of carbonyl (C=O) groups is 4. The summed E-state index contributed by atoms with van der Waals surface area (Å²) in [5, 5.41) is 10.6. The number of phosphoric ester groups is 2. The Hall–Kier alpha value is -1.94. The average Bonchev–Trinajstić information content (AvgIpc) is 3.32. The number of unbranched alkanes of at least 4 members (excludes halogenated alkanes) is 42. The number of esters is 4. The van der Waals surface area contributed by atoms with Crippen LogP contribution in [-0.4, -0.2) is 96.7 Å². The smallest absolute Gasteiger partial charge is 0.462 e. The Morgan fingerprint density at radius 1 is 0.311 bits per heavy atom. The lowest BCUT2D eigenvalue weighted by molar-refractivity contribution is -0.161. The molecule has 0 amide bonds. The Balaban J connectivity index is 5.09. The van der Waals surface area contributed by atoms with Crippen molar-refractivity contribution in [2.45, 2.75) is 387 Å². The summed E-state index contributed by atoms with van der Waals surface area (Å²) < 4.78 is 68.1. The Morgan fingerprint density at radius 2 is 0.533 bits per heavy atom. The summed E-state index contributed by atoms with van der Waals surface area (Å²) in [6, 6.07) is 0. The van der Waals surface area contributed by atoms with E-state index in [-0.39, 0.29) is 25.7 Å². The number of carbonyl (C=O) groups excluding carboxylic acids is 4. The maximum Gasteiger partial charge on any atom is 0.472 e. The van der Waals surface area contributed by atoms with Crippen molar-refractivity contribution in [1.29, 1.82) is 0 Å². The zero-order valence-corrected chi connectivity index (χ0v) is 60.1. The highest BCUT2D eigenvalue weighted by Gasteiger charge is 2.30. The van der Waals surface area contributed by atoms with Crippen LogP contribution in [0.2, 0.25) is 0 Å². The van der Waals surface area contributed by atoms with Gasteiger partial charge in [-0.1, -0.05) is 317 Å². The van der Waals surface area contributed by atoms with Crippen molar-refractivity contribution in [2.24, 2.45) is 5.92 Å². The number of aliphatic hydroxyl groups excluding tert-OH is 1. The van der Waals surface area contributed by atoms with Gasteiger partial charge in [-0.3, -0.25) is 37.3 Å². The molecular formula is C71H138O17P2. The van der Waals surface area contributed by atoms with Crippen LogP contribution in [0.1, 0.15) is 369 Å². The van der Waals surface area contributed by atoms with Gasteiger partial charge >= 0.3 is 39.5 Å². The fraction of sp³-hybridized carbons (Fsp3) is 0.944. The number of aliphatic hydroxyl groups is 1. The molecule has 0 fully saturated rings. The third-order valence-corrected chi connectivity index (χ3v) is 18.8. The van der Waals surface area contributed by atoms with E-state index in [1.54, 1.807) is 0 Å². The van der Waals surface area contributed by atoms with Gasteiger partial charge in [-0.15, -0.1) is 0 Å². The van der Waals surface area contributed by atoms with E-state index in [4.69, 9.17) is 37.0 Å². The molecule has 0 saturated carbocycles. The topological polar surface area (TPSA) is 237 Å². The van der Waals surface area contributed by atoms with Crippen molar-refractivity contribution < 1.29 is 80.2 Å². The predicted octanol–water partition coefficient (Wildman–Crippen LogP) is 20.5. The van der Waals surface area contributed by atoms with E-state index >= 15 is 0 Å². The molecule has 3 unspecified atom stereocenters. The highest BCUT2D eigenvalue weighted by molar-refractivity contribution is 7.47. The SMILES string of the molecule is CCCCCCCCCCCCCCCCCCCCCCCCC(=O)O[C@H](COC(=O)CCCCCCCCCCC(C)CC)COP(=O)(O)OC[C@@H](O)COP(=O)(O)OC[C@@H](COC(=O)CCCCCCC)OC(=O)CCCCCCCCCCCCC. The average molecular weight is 1330 g/mol. The molecule has 0 aromatic heterocycles. The first-order valence-electron chi connectivity index (χ1n) is 37.2. The van der Waals surface area contributed by atoms with Gasteiger partial charge in [0.15, 0.2) is 12.2 Å². The van der Waals surface area contributed by atoms with E-state index in [9.17, 15) is 43.2 Å². The van der Waals surface area contributed by atoms with Gasteiger partial charge in [-0.05, 0) is 31.6 Å². The lowest BCUT2D eigenvalue weighted by Gasteiger charge is -2.21. The van der Waals surface area contributed by atoms with E-state index in [1.165, 1.54) is 186 Å². The number of hydrogen-bond donors (Lipinski definition) is 3. The monoisotopic (exact) mass is 1320 g/mol. The second-order valence-corrected chi connectivity index (χ2v) is 28.8. The molecule has 0 heterocycles. The summed E-state index contributed by atoms with van der Waals surface area (Å²) in [7, 11) is -9.89. The summed E-state index contributed by atoms with van der Waals surface area (Å²) in [5.74, 6) is -1.36. The van der Waals surface area contributed by atoms with E-state index in [2.05, 4.69) is 34.6 Å². The lowest BCUT2D eigenvalue weighted by atomic mass is 9.99. The van der Waals surface area contributed by atoms with E-state index in [0.29, 0.717) is 25.7 Å². The first-order chi connectivity index (χ1) is 43.6. The molecule has 0 saturated heterocycles. The molecular weight excluding hydrogens is 1190 g/mol. The van der Waals surface area contributed by atoms with Crippen LogP contribution in [0.3, 0.4) is 0 Å². The van der Waals surface area contributed by atoms with Crippen LogP contribution in [0.25, 0.3) is 0 Å². The molecule has 0 aliphatic rings. The first-order valence-corrected chi connectivity index (χ1v) is 40.2. The quantitative estimate of drug-likeness (QED) is 0.0222. The van der Waals surface area contributed by atoms with Crippen molar-refractivity contribution in [3.63, 3.8) is 0 Å². The van der Waals surface area contributed by atoms with Gasteiger partial charge in [-0.2, -0.15) is 0 Å². The third-order valence-electron chi connectivity index (χ3n) is 16.9. The Morgan fingerprint density at radius 3 is 0.789 bits per heavy atom. The van der Waals surface area contributed by atoms with Gasteiger partial charge in [0.2, 0.25) is 0 Å². The normalized spacial score (nSPS) is 14.4. The van der Waals surface area contributed by atoms with Crippen molar-refractivity contribution in [3.8, 4) is 0 Å². The van der Waals surface area contributed by atoms with Crippen molar-refractivity contribution in [2.75, 3.05) is 39.6 Å². The van der Waals surface area contributed by atoms with Gasteiger partial charge in [0.1, 0.15) is 19.3 Å². The Kier molecular flexibility index (Phi) is 63.0. The van der Waals surface area contributed by atoms with Crippen molar-refractivity contribution in [3.05, 3.63) is 0 Å². The summed E-state index contributed by atoms with van der Waals surface area (Å²) in [6.45, 7) is 7.16. The van der Waals surface area contributed by atoms with Gasteiger partial charge in [0, 0.05) is 25.7 Å². The van der Waals surface area contributed by atoms with Crippen molar-refractivity contribution >= 4 is 39.5 Å². The highest BCUT2D eigenvalue weighted by Crippen LogP contribution is 2.45. The molecule has 0 rings (SSSR count). The van der Waals surface area contributed by atoms with Crippen LogP contribution in [-0.2, 0) is 65.4 Å². The maximum absolute atomic E-state index is 13.0. The van der Waals surface area contributed by atoms with E-state index in [0.717, 1.165) is 102 Å². The number of phosphoric acid groups is 2. The van der Waals surface area contributed by atoms with Crippen LogP contribution in [0, 0.1) is 5.92 Å². The molecule has 0 aliphatic carbocycles. The summed E-state index contributed by atoms with van der Waals surface area (Å²) >= 11 is 0. The van der Waals surface area contributed by atoms with Gasteiger partial charge in [0.25, 0.3) is 0 Å². The molecule has 0 spiro atoms. The molecule has 3 N–H and O–H groups in total. The van der Waals surface area contributed by atoms with E-state index < -0.39 is 97.5 Å². The molecule has 0 radical (unpaired) electrons. The summed E-state index contributed by atoms with van der Waals surface area (Å²) in [4.78, 5) is 72.2. The largest absolute Gasteiger partial charge is 0.472 e.